The highest BCUT2D eigenvalue weighted by molar-refractivity contribution is 5.66. The fourth-order valence-corrected chi connectivity index (χ4v) is 2.72. The van der Waals surface area contributed by atoms with Crippen molar-refractivity contribution in [1.82, 2.24) is 4.90 Å². The maximum Gasteiger partial charge on any atom is 0.302 e. The molecule has 0 aromatic rings. The van der Waals surface area contributed by atoms with Gasteiger partial charge in [-0.15, -0.1) is 0 Å². The Hall–Kier alpha value is -0.650. The Balaban J connectivity index is 1.56. The molecule has 0 aromatic carbocycles. The molecule has 1 saturated carbocycles. The minimum atomic E-state index is -0.185. The average Bonchev–Trinajstić information content (AvgIpc) is 2.35. The minimum Gasteiger partial charge on any atom is -0.462 e. The standard InChI is InChI=1S/C14H25NO4/c1-11(16)18-13-9-14(10-13)19-12-3-5-15(6-4-12)7-8-17-2/h12-14H,3-10H2,1-2H3/t13-,14-. The molecule has 0 N–H and O–H groups in total. The van der Waals surface area contributed by atoms with Crippen molar-refractivity contribution in [2.45, 2.75) is 50.9 Å². The second kappa shape index (κ2) is 7.22. The van der Waals surface area contributed by atoms with E-state index in [0.717, 1.165) is 51.9 Å². The number of carbonyl (C=O) groups is 1. The monoisotopic (exact) mass is 271 g/mol. The Morgan fingerprint density at radius 2 is 1.84 bits per heavy atom. The first-order valence-corrected chi connectivity index (χ1v) is 7.21. The molecule has 2 fully saturated rings. The zero-order valence-electron chi connectivity index (χ0n) is 12.0. The molecule has 0 atom stereocenters. The van der Waals surface area contributed by atoms with Crippen molar-refractivity contribution in [3.63, 3.8) is 0 Å². The van der Waals surface area contributed by atoms with Crippen LogP contribution < -0.4 is 0 Å². The molecule has 0 aromatic heterocycles. The number of nitrogens with zero attached hydrogens (tertiary/aromatic N) is 1. The van der Waals surface area contributed by atoms with E-state index in [9.17, 15) is 4.79 Å². The molecular weight excluding hydrogens is 246 g/mol. The molecule has 1 saturated heterocycles. The van der Waals surface area contributed by atoms with Crippen molar-refractivity contribution >= 4 is 5.97 Å². The zero-order valence-corrected chi connectivity index (χ0v) is 12.0. The number of methoxy groups -OCH3 is 1. The molecule has 0 amide bonds. The number of rotatable bonds is 6. The normalized spacial score (nSPS) is 28.9. The molecule has 0 radical (unpaired) electrons. The van der Waals surface area contributed by atoms with Gasteiger partial charge in [-0.3, -0.25) is 4.79 Å². The Morgan fingerprint density at radius 1 is 1.16 bits per heavy atom. The van der Waals surface area contributed by atoms with Gasteiger partial charge in [0.05, 0.1) is 18.8 Å². The molecule has 19 heavy (non-hydrogen) atoms. The van der Waals surface area contributed by atoms with Gasteiger partial charge in [-0.1, -0.05) is 0 Å². The van der Waals surface area contributed by atoms with Crippen molar-refractivity contribution in [1.29, 1.82) is 0 Å². The summed E-state index contributed by atoms with van der Waals surface area (Å²) in [6, 6.07) is 0. The number of hydrogen-bond acceptors (Lipinski definition) is 5. The molecule has 2 aliphatic rings. The summed E-state index contributed by atoms with van der Waals surface area (Å²) in [4.78, 5) is 13.2. The van der Waals surface area contributed by atoms with Crippen LogP contribution in [0.15, 0.2) is 0 Å². The van der Waals surface area contributed by atoms with Gasteiger partial charge in [-0.05, 0) is 12.8 Å². The molecule has 1 heterocycles. The molecular formula is C14H25NO4. The largest absolute Gasteiger partial charge is 0.462 e. The fraction of sp³-hybridized carbons (Fsp3) is 0.929. The lowest BCUT2D eigenvalue weighted by Gasteiger charge is -2.39. The zero-order chi connectivity index (χ0) is 13.7. The van der Waals surface area contributed by atoms with Gasteiger partial charge in [0.15, 0.2) is 0 Å². The molecule has 1 aliphatic heterocycles. The van der Waals surface area contributed by atoms with Gasteiger partial charge < -0.3 is 19.1 Å². The second-order valence-electron chi connectivity index (χ2n) is 5.49. The lowest BCUT2D eigenvalue weighted by molar-refractivity contribution is -0.166. The predicted octanol–water partition coefficient (Wildman–Crippen LogP) is 1.21. The molecule has 1 aliphatic carbocycles. The molecule has 0 bridgehead atoms. The topological polar surface area (TPSA) is 48.0 Å². The first-order chi connectivity index (χ1) is 9.17. The quantitative estimate of drug-likeness (QED) is 0.680. The lowest BCUT2D eigenvalue weighted by Crippen LogP contribution is -2.44. The van der Waals surface area contributed by atoms with E-state index < -0.39 is 0 Å². The first-order valence-electron chi connectivity index (χ1n) is 7.21. The summed E-state index contributed by atoms with van der Waals surface area (Å²) < 4.78 is 16.3. The molecule has 5 heteroatoms. The van der Waals surface area contributed by atoms with Crippen molar-refractivity contribution < 1.29 is 19.0 Å². The Bertz CT molecular complexity index is 283. The third kappa shape index (κ3) is 4.75. The minimum absolute atomic E-state index is 0.0873. The Kier molecular flexibility index (Phi) is 5.60. The second-order valence-corrected chi connectivity index (χ2v) is 5.49. The van der Waals surface area contributed by atoms with E-state index in [1.165, 1.54) is 6.92 Å². The van der Waals surface area contributed by atoms with Gasteiger partial charge in [0.2, 0.25) is 0 Å². The highest BCUT2D eigenvalue weighted by Crippen LogP contribution is 2.29. The van der Waals surface area contributed by atoms with Crippen LogP contribution in [-0.2, 0) is 19.0 Å². The highest BCUT2D eigenvalue weighted by atomic mass is 16.6. The highest BCUT2D eigenvalue weighted by Gasteiger charge is 2.34. The molecule has 110 valence electrons. The van der Waals surface area contributed by atoms with Crippen molar-refractivity contribution in [2.24, 2.45) is 0 Å². The van der Waals surface area contributed by atoms with E-state index in [-0.39, 0.29) is 12.1 Å². The first kappa shape index (κ1) is 14.8. The van der Waals surface area contributed by atoms with E-state index in [2.05, 4.69) is 4.90 Å². The van der Waals surface area contributed by atoms with Crippen LogP contribution in [-0.4, -0.2) is 62.5 Å². The Morgan fingerprint density at radius 3 is 2.42 bits per heavy atom. The van der Waals surface area contributed by atoms with Gasteiger partial charge in [0.1, 0.15) is 6.10 Å². The molecule has 2 rings (SSSR count). The summed E-state index contributed by atoms with van der Waals surface area (Å²) in [6.07, 6.45) is 4.68. The van der Waals surface area contributed by atoms with Gasteiger partial charge in [-0.2, -0.15) is 0 Å². The van der Waals surface area contributed by atoms with Crippen LogP contribution >= 0.6 is 0 Å². The number of esters is 1. The third-order valence-corrected chi connectivity index (χ3v) is 3.92. The fourth-order valence-electron chi connectivity index (χ4n) is 2.72. The SMILES string of the molecule is COCCN1CCC(O[C@H]2C[C@H](OC(C)=O)C2)CC1. The summed E-state index contributed by atoms with van der Waals surface area (Å²) in [5.74, 6) is -0.185. The van der Waals surface area contributed by atoms with Gasteiger partial charge in [0, 0.05) is 46.5 Å². The van der Waals surface area contributed by atoms with Gasteiger partial charge >= 0.3 is 5.97 Å². The van der Waals surface area contributed by atoms with Crippen molar-refractivity contribution in [3.05, 3.63) is 0 Å². The molecule has 0 unspecified atom stereocenters. The average molecular weight is 271 g/mol. The van der Waals surface area contributed by atoms with Crippen LogP contribution in [0.4, 0.5) is 0 Å². The number of ether oxygens (including phenoxy) is 3. The summed E-state index contributed by atoms with van der Waals surface area (Å²) in [6.45, 7) is 5.46. The van der Waals surface area contributed by atoms with E-state index in [4.69, 9.17) is 14.2 Å². The summed E-state index contributed by atoms with van der Waals surface area (Å²) in [5, 5.41) is 0. The molecule has 5 nitrogen and oxygen atoms in total. The van der Waals surface area contributed by atoms with Gasteiger partial charge in [-0.25, -0.2) is 0 Å². The number of carbonyl (C=O) groups excluding carboxylic acids is 1. The number of piperidine rings is 1. The van der Waals surface area contributed by atoms with Gasteiger partial charge in [0.25, 0.3) is 0 Å². The smallest absolute Gasteiger partial charge is 0.302 e. The van der Waals surface area contributed by atoms with Crippen LogP contribution in [0.2, 0.25) is 0 Å². The van der Waals surface area contributed by atoms with E-state index in [0.29, 0.717) is 12.2 Å². The van der Waals surface area contributed by atoms with Crippen molar-refractivity contribution in [2.75, 3.05) is 33.4 Å². The van der Waals surface area contributed by atoms with E-state index in [1.807, 2.05) is 0 Å². The molecule has 0 spiro atoms. The number of likely N-dealkylation sites (tertiary alicyclic amines) is 1. The van der Waals surface area contributed by atoms with Crippen LogP contribution in [0.3, 0.4) is 0 Å². The third-order valence-electron chi connectivity index (χ3n) is 3.92. The lowest BCUT2D eigenvalue weighted by atomic mass is 9.91. The van der Waals surface area contributed by atoms with E-state index in [1.54, 1.807) is 7.11 Å². The van der Waals surface area contributed by atoms with Crippen LogP contribution in [0.25, 0.3) is 0 Å². The Labute approximate surface area is 115 Å². The van der Waals surface area contributed by atoms with Crippen molar-refractivity contribution in [3.8, 4) is 0 Å². The van der Waals surface area contributed by atoms with Crippen LogP contribution in [0, 0.1) is 0 Å². The number of hydrogen-bond donors (Lipinski definition) is 0. The van der Waals surface area contributed by atoms with Crippen LogP contribution in [0.5, 0.6) is 0 Å². The summed E-state index contributed by atoms with van der Waals surface area (Å²) >= 11 is 0. The predicted molar refractivity (Wildman–Crippen MR) is 71.0 cm³/mol. The van der Waals surface area contributed by atoms with Crippen LogP contribution in [0.1, 0.15) is 32.6 Å². The summed E-state index contributed by atoms with van der Waals surface area (Å²) in [7, 11) is 1.74. The maximum atomic E-state index is 10.8. The summed E-state index contributed by atoms with van der Waals surface area (Å²) in [5.41, 5.74) is 0. The maximum absolute atomic E-state index is 10.8. The van der Waals surface area contributed by atoms with E-state index >= 15 is 0 Å².